The van der Waals surface area contributed by atoms with E-state index >= 15 is 0 Å². The summed E-state index contributed by atoms with van der Waals surface area (Å²) in [6, 6.07) is 0.866. The molecule has 0 aliphatic carbocycles. The van der Waals surface area contributed by atoms with E-state index in [9.17, 15) is 24.8 Å². The van der Waals surface area contributed by atoms with Gasteiger partial charge in [0.2, 0.25) is 12.7 Å². The van der Waals surface area contributed by atoms with Crippen LogP contribution < -0.4 is 29.6 Å². The Kier molecular flexibility index (Phi) is 14.4. The van der Waals surface area contributed by atoms with Gasteiger partial charge in [0.15, 0.2) is 23.0 Å². The van der Waals surface area contributed by atoms with E-state index in [1.54, 1.807) is 0 Å². The summed E-state index contributed by atoms with van der Waals surface area (Å²) in [5.74, 6) is 0.500. The standard InChI is InChI=1S/C46H62N4O9S/c1-6-7-8-9-10-11-12-13-14-15-16-17-18-19-34(52)48-31-24-60-45-37-36(44-43(57-25-58-44)27(3)42(37)59-28(4)51)33(23-56-46(31)54)50-32(22-47)30-21-29-20-26(2)41(55-5)40(53)35(29)38(49-30)39(45)50/h20,30-33,38-39,45,49,53H,6-19,21,23-25H2,1-5H3,(H,48,52)/t30-,31?,32+,33+,38-,39-,45-/m1/s1. The number of carbonyl (C=O) groups is 3. The molecule has 0 spiro atoms. The lowest BCUT2D eigenvalue weighted by Gasteiger charge is -2.59. The van der Waals surface area contributed by atoms with Crippen molar-refractivity contribution in [3.05, 3.63) is 39.4 Å². The zero-order valence-electron chi connectivity index (χ0n) is 35.9. The lowest BCUT2D eigenvalue weighted by atomic mass is 9.72. The van der Waals surface area contributed by atoms with Gasteiger partial charge in [0.1, 0.15) is 24.4 Å². The van der Waals surface area contributed by atoms with Crippen LogP contribution in [-0.4, -0.2) is 78.3 Å². The quantitative estimate of drug-likeness (QED) is 0.0801. The number of carbonyl (C=O) groups excluding carboxylic acids is 3. The largest absolute Gasteiger partial charge is 0.504 e. The number of phenolic OH excluding ortho intramolecular Hbond substituents is 1. The van der Waals surface area contributed by atoms with Crippen LogP contribution in [-0.2, 0) is 25.5 Å². The predicted molar refractivity (Wildman–Crippen MR) is 228 cm³/mol. The summed E-state index contributed by atoms with van der Waals surface area (Å²) in [5, 5.41) is 29.0. The number of hydrogen-bond acceptors (Lipinski definition) is 13. The molecule has 14 heteroatoms. The van der Waals surface area contributed by atoms with Crippen LogP contribution in [0.25, 0.3) is 0 Å². The first-order chi connectivity index (χ1) is 29.1. The first-order valence-corrected chi connectivity index (χ1v) is 23.2. The van der Waals surface area contributed by atoms with Gasteiger partial charge in [0, 0.05) is 53.4 Å². The van der Waals surface area contributed by atoms with Crippen LogP contribution in [0.2, 0.25) is 0 Å². The molecule has 2 aromatic rings. The Morgan fingerprint density at radius 3 is 2.28 bits per heavy atom. The van der Waals surface area contributed by atoms with Crippen LogP contribution in [0.3, 0.4) is 0 Å². The average molecular weight is 847 g/mol. The van der Waals surface area contributed by atoms with Crippen molar-refractivity contribution >= 4 is 29.6 Å². The molecule has 6 aliphatic rings. The number of benzene rings is 2. The summed E-state index contributed by atoms with van der Waals surface area (Å²) in [7, 11) is 1.53. The Hall–Kier alpha value is -4.19. The molecular weight excluding hydrogens is 785 g/mol. The zero-order chi connectivity index (χ0) is 42.5. The van der Waals surface area contributed by atoms with Crippen molar-refractivity contribution in [1.29, 1.82) is 5.26 Å². The van der Waals surface area contributed by atoms with Crippen molar-refractivity contribution in [2.75, 3.05) is 26.3 Å². The highest BCUT2D eigenvalue weighted by Gasteiger charge is 2.59. The topological polar surface area (TPSA) is 169 Å². The first-order valence-electron chi connectivity index (χ1n) is 22.1. The van der Waals surface area contributed by atoms with E-state index in [-0.39, 0.29) is 36.9 Å². The minimum Gasteiger partial charge on any atom is -0.504 e. The van der Waals surface area contributed by atoms with E-state index in [2.05, 4.69) is 28.5 Å². The van der Waals surface area contributed by atoms with Crippen molar-refractivity contribution in [3.63, 3.8) is 0 Å². The molecule has 1 unspecified atom stereocenters. The van der Waals surface area contributed by atoms with Gasteiger partial charge in [-0.2, -0.15) is 5.26 Å². The van der Waals surface area contributed by atoms with Gasteiger partial charge in [-0.25, -0.2) is 4.79 Å². The Bertz CT molecular complexity index is 1970. The lowest BCUT2D eigenvalue weighted by molar-refractivity contribution is -0.151. The van der Waals surface area contributed by atoms with Crippen molar-refractivity contribution < 1.29 is 43.2 Å². The number of methoxy groups -OCH3 is 1. The second kappa shape index (κ2) is 19.7. The predicted octanol–water partition coefficient (Wildman–Crippen LogP) is 7.86. The molecular formula is C46H62N4O9S. The Balaban J connectivity index is 1.14. The summed E-state index contributed by atoms with van der Waals surface area (Å²) in [6.07, 6.45) is 16.5. The number of piperazine rings is 1. The molecule has 1 amide bonds. The van der Waals surface area contributed by atoms with Gasteiger partial charge in [-0.3, -0.25) is 14.5 Å². The van der Waals surface area contributed by atoms with E-state index in [0.717, 1.165) is 30.4 Å². The van der Waals surface area contributed by atoms with Crippen molar-refractivity contribution in [1.82, 2.24) is 15.5 Å². The van der Waals surface area contributed by atoms with Gasteiger partial charge in [-0.15, -0.1) is 11.8 Å². The normalized spacial score (nSPS) is 25.0. The lowest BCUT2D eigenvalue weighted by Crippen LogP contribution is -2.69. The fourth-order valence-corrected chi connectivity index (χ4v) is 11.8. The Labute approximate surface area is 358 Å². The van der Waals surface area contributed by atoms with Gasteiger partial charge in [0.25, 0.3) is 0 Å². The smallest absolute Gasteiger partial charge is 0.329 e. The monoisotopic (exact) mass is 846 g/mol. The number of aromatic hydroxyl groups is 1. The fourth-order valence-electron chi connectivity index (χ4n) is 10.2. The minimum atomic E-state index is -0.946. The van der Waals surface area contributed by atoms with Crippen LogP contribution in [0, 0.1) is 25.2 Å². The molecule has 2 saturated heterocycles. The maximum absolute atomic E-state index is 13.9. The number of rotatable bonds is 17. The van der Waals surface area contributed by atoms with Gasteiger partial charge in [-0.05, 0) is 37.8 Å². The molecule has 60 heavy (non-hydrogen) atoms. The summed E-state index contributed by atoms with van der Waals surface area (Å²) >= 11 is 1.43. The Morgan fingerprint density at radius 2 is 1.63 bits per heavy atom. The maximum atomic E-state index is 13.9. The molecule has 3 N–H and O–H groups in total. The van der Waals surface area contributed by atoms with Gasteiger partial charge in [0.05, 0.1) is 30.5 Å². The molecule has 0 aromatic heterocycles. The summed E-state index contributed by atoms with van der Waals surface area (Å²) < 4.78 is 30.0. The van der Waals surface area contributed by atoms with Crippen LogP contribution in [0.1, 0.15) is 154 Å². The highest BCUT2D eigenvalue weighted by atomic mass is 32.2. The van der Waals surface area contributed by atoms with E-state index in [1.807, 2.05) is 19.9 Å². The molecule has 6 aliphatic heterocycles. The number of nitrogens with zero attached hydrogens (tertiary/aromatic N) is 2. The molecule has 2 aromatic carbocycles. The number of aryl methyl sites for hydroxylation is 1. The van der Waals surface area contributed by atoms with Crippen molar-refractivity contribution in [2.24, 2.45) is 0 Å². The molecule has 0 radical (unpaired) electrons. The summed E-state index contributed by atoms with van der Waals surface area (Å²) in [4.78, 5) is 42.3. The van der Waals surface area contributed by atoms with Crippen LogP contribution in [0.4, 0.5) is 0 Å². The number of phenols is 1. The molecule has 4 bridgehead atoms. The average Bonchev–Trinajstić information content (AvgIpc) is 3.72. The Morgan fingerprint density at radius 1 is 0.967 bits per heavy atom. The zero-order valence-corrected chi connectivity index (χ0v) is 36.7. The first kappa shape index (κ1) is 43.9. The summed E-state index contributed by atoms with van der Waals surface area (Å²) in [6.45, 7) is 7.09. The number of nitrogens with one attached hydrogen (secondary N) is 2. The maximum Gasteiger partial charge on any atom is 0.329 e. The number of unbranched alkanes of at least 4 members (excludes halogenated alkanes) is 12. The number of thioether (sulfide) groups is 1. The van der Waals surface area contributed by atoms with E-state index in [0.29, 0.717) is 58.1 Å². The number of amides is 1. The molecule has 326 valence electrons. The number of fused-ring (bicyclic) bond motifs is 10. The van der Waals surface area contributed by atoms with Crippen molar-refractivity contribution in [3.8, 4) is 34.8 Å². The molecule has 7 atom stereocenters. The number of hydrogen-bond donors (Lipinski definition) is 3. The third kappa shape index (κ3) is 8.77. The fraction of sp³-hybridized carbons (Fsp3) is 0.652. The molecule has 0 saturated carbocycles. The molecule has 8 rings (SSSR count). The number of nitriles is 1. The second-order valence-electron chi connectivity index (χ2n) is 17.1. The highest BCUT2D eigenvalue weighted by Crippen LogP contribution is 2.62. The number of esters is 2. The van der Waals surface area contributed by atoms with Crippen LogP contribution >= 0.6 is 11.8 Å². The van der Waals surface area contributed by atoms with Crippen LogP contribution in [0.15, 0.2) is 6.07 Å². The van der Waals surface area contributed by atoms with Crippen molar-refractivity contribution in [2.45, 2.75) is 166 Å². The molecule has 6 heterocycles. The van der Waals surface area contributed by atoms with Gasteiger partial charge >= 0.3 is 11.9 Å². The highest BCUT2D eigenvalue weighted by molar-refractivity contribution is 7.99. The van der Waals surface area contributed by atoms with E-state index in [4.69, 9.17) is 23.7 Å². The minimum absolute atomic E-state index is 0.0313. The third-order valence-electron chi connectivity index (χ3n) is 13.0. The molecule has 2 fully saturated rings. The second-order valence-corrected chi connectivity index (χ2v) is 18.2. The van der Waals surface area contributed by atoms with Gasteiger partial charge in [-0.1, -0.05) is 90.0 Å². The number of ether oxygens (including phenoxy) is 5. The summed E-state index contributed by atoms with van der Waals surface area (Å²) in [5.41, 5.74) is 4.30. The van der Waals surface area contributed by atoms with E-state index < -0.39 is 47.4 Å². The SMILES string of the molecule is CCCCCCCCCCCCCCCC(=O)NC1CS[C@@H]2c3c(OC(C)=O)c(C)c4c(c3[C@H](COC1=O)N1[C@@H]2[C@@H]2N[C@H](Cc3cc(C)c(OC)c(O)c32)[C@@H]1C#N)OCO4. The molecule has 13 nitrogen and oxygen atoms in total. The van der Waals surface area contributed by atoms with Gasteiger partial charge < -0.3 is 39.4 Å². The van der Waals surface area contributed by atoms with E-state index in [1.165, 1.54) is 90.0 Å². The van der Waals surface area contributed by atoms with Crippen LogP contribution in [0.5, 0.6) is 28.7 Å². The third-order valence-corrected chi connectivity index (χ3v) is 14.4.